The van der Waals surface area contributed by atoms with E-state index in [1.54, 1.807) is 17.0 Å². The molecule has 0 saturated carbocycles. The number of carbonyl (C=O) groups excluding carboxylic acids is 1. The third kappa shape index (κ3) is 2.90. The SMILES string of the molecule is O=C(O)c1cccc(C#CCN2C[C@@H]3CNCCN3C2=O)c1. The Morgan fingerprint density at radius 2 is 2.32 bits per heavy atom. The maximum Gasteiger partial charge on any atom is 0.335 e. The van der Waals surface area contributed by atoms with E-state index in [2.05, 4.69) is 17.2 Å². The third-order valence-corrected chi connectivity index (χ3v) is 3.91. The van der Waals surface area contributed by atoms with E-state index in [9.17, 15) is 9.59 Å². The summed E-state index contributed by atoms with van der Waals surface area (Å²) in [7, 11) is 0. The summed E-state index contributed by atoms with van der Waals surface area (Å²) < 4.78 is 0. The van der Waals surface area contributed by atoms with Crippen molar-refractivity contribution in [3.8, 4) is 11.8 Å². The molecule has 6 heteroatoms. The minimum absolute atomic E-state index is 0.0417. The van der Waals surface area contributed by atoms with E-state index in [1.165, 1.54) is 12.1 Å². The minimum Gasteiger partial charge on any atom is -0.478 e. The molecule has 2 amide bonds. The van der Waals surface area contributed by atoms with Crippen LogP contribution in [0.2, 0.25) is 0 Å². The molecule has 3 rings (SSSR count). The van der Waals surface area contributed by atoms with Crippen LogP contribution < -0.4 is 5.32 Å². The van der Waals surface area contributed by atoms with Crippen molar-refractivity contribution in [3.63, 3.8) is 0 Å². The molecule has 2 aliphatic rings. The lowest BCUT2D eigenvalue weighted by molar-refractivity contribution is 0.0697. The van der Waals surface area contributed by atoms with E-state index in [0.29, 0.717) is 18.7 Å². The van der Waals surface area contributed by atoms with Crippen molar-refractivity contribution in [2.45, 2.75) is 6.04 Å². The van der Waals surface area contributed by atoms with Crippen LogP contribution in [0.3, 0.4) is 0 Å². The van der Waals surface area contributed by atoms with E-state index in [4.69, 9.17) is 5.11 Å². The van der Waals surface area contributed by atoms with Gasteiger partial charge in [0.1, 0.15) is 0 Å². The molecule has 1 aromatic carbocycles. The molecular formula is C16H17N3O3. The Balaban J connectivity index is 1.65. The molecule has 2 aliphatic heterocycles. The monoisotopic (exact) mass is 299 g/mol. The first-order valence-corrected chi connectivity index (χ1v) is 7.23. The number of hydrogen-bond donors (Lipinski definition) is 2. The molecule has 1 aromatic rings. The van der Waals surface area contributed by atoms with Gasteiger partial charge in [0.05, 0.1) is 18.2 Å². The fourth-order valence-corrected chi connectivity index (χ4v) is 2.79. The van der Waals surface area contributed by atoms with E-state index in [-0.39, 0.29) is 17.6 Å². The second-order valence-corrected chi connectivity index (χ2v) is 5.40. The van der Waals surface area contributed by atoms with Crippen molar-refractivity contribution in [2.24, 2.45) is 0 Å². The highest BCUT2D eigenvalue weighted by Crippen LogP contribution is 2.16. The number of urea groups is 1. The molecular weight excluding hydrogens is 282 g/mol. The summed E-state index contributed by atoms with van der Waals surface area (Å²) in [6.07, 6.45) is 0. The zero-order valence-electron chi connectivity index (χ0n) is 12.1. The second kappa shape index (κ2) is 6.08. The van der Waals surface area contributed by atoms with E-state index < -0.39 is 5.97 Å². The summed E-state index contributed by atoms with van der Waals surface area (Å²) in [5, 5.41) is 12.2. The minimum atomic E-state index is -0.970. The van der Waals surface area contributed by atoms with Gasteiger partial charge >= 0.3 is 12.0 Å². The van der Waals surface area contributed by atoms with Crippen LogP contribution in [-0.4, -0.2) is 65.7 Å². The number of fused-ring (bicyclic) bond motifs is 1. The molecule has 2 fully saturated rings. The van der Waals surface area contributed by atoms with Gasteiger partial charge in [0.15, 0.2) is 0 Å². The Labute approximate surface area is 128 Å². The lowest BCUT2D eigenvalue weighted by atomic mass is 10.1. The molecule has 0 radical (unpaired) electrons. The normalized spacial score (nSPS) is 20.4. The first-order valence-electron chi connectivity index (χ1n) is 7.23. The number of piperazine rings is 1. The van der Waals surface area contributed by atoms with Crippen LogP contribution in [0.25, 0.3) is 0 Å². The molecule has 0 aliphatic carbocycles. The van der Waals surface area contributed by atoms with Gasteiger partial charge in [0.2, 0.25) is 0 Å². The predicted molar refractivity (Wildman–Crippen MR) is 80.6 cm³/mol. The maximum absolute atomic E-state index is 12.2. The first-order chi connectivity index (χ1) is 10.6. The molecule has 22 heavy (non-hydrogen) atoms. The van der Waals surface area contributed by atoms with Crippen molar-refractivity contribution in [1.29, 1.82) is 0 Å². The average molecular weight is 299 g/mol. The van der Waals surface area contributed by atoms with E-state index in [0.717, 1.165) is 19.6 Å². The summed E-state index contributed by atoms with van der Waals surface area (Å²) in [4.78, 5) is 26.7. The largest absolute Gasteiger partial charge is 0.478 e. The van der Waals surface area contributed by atoms with Gasteiger partial charge in [0, 0.05) is 31.7 Å². The number of nitrogens with one attached hydrogen (secondary N) is 1. The number of hydrogen-bond acceptors (Lipinski definition) is 3. The van der Waals surface area contributed by atoms with Crippen molar-refractivity contribution in [1.82, 2.24) is 15.1 Å². The summed E-state index contributed by atoms with van der Waals surface area (Å²) >= 11 is 0. The van der Waals surface area contributed by atoms with E-state index >= 15 is 0 Å². The maximum atomic E-state index is 12.2. The predicted octanol–water partition coefficient (Wildman–Crippen LogP) is 0.446. The fourth-order valence-electron chi connectivity index (χ4n) is 2.79. The number of carbonyl (C=O) groups is 2. The molecule has 0 aromatic heterocycles. The van der Waals surface area contributed by atoms with Crippen LogP contribution in [0.4, 0.5) is 4.79 Å². The van der Waals surface area contributed by atoms with Gasteiger partial charge in [-0.05, 0) is 18.2 Å². The third-order valence-electron chi connectivity index (χ3n) is 3.91. The van der Waals surface area contributed by atoms with Crippen LogP contribution in [-0.2, 0) is 0 Å². The zero-order chi connectivity index (χ0) is 15.5. The van der Waals surface area contributed by atoms with Gasteiger partial charge < -0.3 is 20.2 Å². The fraction of sp³-hybridized carbons (Fsp3) is 0.375. The molecule has 2 heterocycles. The van der Waals surface area contributed by atoms with Crippen molar-refractivity contribution >= 4 is 12.0 Å². The van der Waals surface area contributed by atoms with Crippen LogP contribution in [0.15, 0.2) is 24.3 Å². The number of nitrogens with zero attached hydrogens (tertiary/aromatic N) is 2. The molecule has 0 unspecified atom stereocenters. The standard InChI is InChI=1S/C16H17N3O3/c20-15(21)13-5-1-3-12(9-13)4-2-7-18-11-14-10-17-6-8-19(14)16(18)22/h1,3,5,9,14,17H,6-8,10-11H2,(H,20,21)/t14-/m0/s1. The highest BCUT2D eigenvalue weighted by atomic mass is 16.4. The summed E-state index contributed by atoms with van der Waals surface area (Å²) in [5.74, 6) is 4.92. The number of carboxylic acids is 1. The lowest BCUT2D eigenvalue weighted by Gasteiger charge is -2.28. The number of aromatic carboxylic acids is 1. The topological polar surface area (TPSA) is 72.9 Å². The van der Waals surface area contributed by atoms with Crippen molar-refractivity contribution in [2.75, 3.05) is 32.7 Å². The summed E-state index contributed by atoms with van der Waals surface area (Å²) in [6, 6.07) is 6.77. The van der Waals surface area contributed by atoms with Crippen LogP contribution in [0, 0.1) is 11.8 Å². The molecule has 2 saturated heterocycles. The number of carboxylic acid groups (broad SMARTS) is 1. The molecule has 114 valence electrons. The van der Waals surface area contributed by atoms with E-state index in [1.807, 2.05) is 4.90 Å². The van der Waals surface area contributed by atoms with Gasteiger partial charge in [-0.25, -0.2) is 9.59 Å². The van der Waals surface area contributed by atoms with Gasteiger partial charge in [-0.15, -0.1) is 0 Å². The molecule has 0 bridgehead atoms. The Morgan fingerprint density at radius 3 is 3.09 bits per heavy atom. The average Bonchev–Trinajstić information content (AvgIpc) is 2.85. The smallest absolute Gasteiger partial charge is 0.335 e. The number of benzene rings is 1. The van der Waals surface area contributed by atoms with Crippen LogP contribution in [0.1, 0.15) is 15.9 Å². The molecule has 6 nitrogen and oxygen atoms in total. The van der Waals surface area contributed by atoms with Gasteiger partial charge in [-0.1, -0.05) is 17.9 Å². The molecule has 0 spiro atoms. The highest BCUT2D eigenvalue weighted by molar-refractivity contribution is 5.88. The number of amides is 2. The first kappa shape index (κ1) is 14.4. The lowest BCUT2D eigenvalue weighted by Crippen LogP contribution is -2.49. The highest BCUT2D eigenvalue weighted by Gasteiger charge is 2.37. The Bertz CT molecular complexity index is 662. The number of rotatable bonds is 2. The quantitative estimate of drug-likeness (QED) is 0.778. The summed E-state index contributed by atoms with van der Waals surface area (Å²) in [6.45, 7) is 3.47. The molecule has 1 atom stereocenters. The van der Waals surface area contributed by atoms with Gasteiger partial charge in [-0.3, -0.25) is 0 Å². The van der Waals surface area contributed by atoms with Crippen molar-refractivity contribution in [3.05, 3.63) is 35.4 Å². The summed E-state index contributed by atoms with van der Waals surface area (Å²) in [5.41, 5.74) is 0.859. The second-order valence-electron chi connectivity index (χ2n) is 5.40. The Morgan fingerprint density at radius 1 is 1.45 bits per heavy atom. The van der Waals surface area contributed by atoms with Crippen molar-refractivity contribution < 1.29 is 14.7 Å². The molecule has 2 N–H and O–H groups in total. The Hall–Kier alpha value is -2.52. The Kier molecular flexibility index (Phi) is 3.98. The van der Waals surface area contributed by atoms with Gasteiger partial charge in [-0.2, -0.15) is 0 Å². The zero-order valence-corrected chi connectivity index (χ0v) is 12.1. The van der Waals surface area contributed by atoms with Gasteiger partial charge in [0.25, 0.3) is 0 Å². The van der Waals surface area contributed by atoms with Crippen LogP contribution in [0.5, 0.6) is 0 Å². The van der Waals surface area contributed by atoms with Crippen LogP contribution >= 0.6 is 0 Å².